The Hall–Kier alpha value is -2.47. The molecule has 3 rings (SSSR count). The second-order valence-electron chi connectivity index (χ2n) is 4.11. The molecule has 0 saturated heterocycles. The maximum absolute atomic E-state index is 5.84. The fourth-order valence-corrected chi connectivity index (χ4v) is 1.85. The summed E-state index contributed by atoms with van der Waals surface area (Å²) in [4.78, 5) is 12.3. The van der Waals surface area contributed by atoms with Crippen molar-refractivity contribution in [3.05, 3.63) is 53.1 Å². The average molecular weight is 288 g/mol. The Labute approximate surface area is 119 Å². The van der Waals surface area contributed by atoms with Gasteiger partial charge in [0.15, 0.2) is 17.3 Å². The van der Waals surface area contributed by atoms with Gasteiger partial charge < -0.3 is 10.3 Å². The summed E-state index contributed by atoms with van der Waals surface area (Å²) in [6, 6.07) is 7.46. The first-order valence-corrected chi connectivity index (χ1v) is 6.24. The molecule has 100 valence electrons. The van der Waals surface area contributed by atoms with Crippen LogP contribution in [0, 0.1) is 0 Å². The van der Waals surface area contributed by atoms with Crippen LogP contribution >= 0.6 is 11.6 Å². The maximum atomic E-state index is 5.84. The van der Waals surface area contributed by atoms with Crippen LogP contribution < -0.4 is 5.73 Å². The SMILES string of the molecule is Nc1nccnc1-c1nc(Cc2ccc(Cl)cc2)no1. The molecule has 2 heterocycles. The molecule has 0 amide bonds. The van der Waals surface area contributed by atoms with Gasteiger partial charge in [0.05, 0.1) is 0 Å². The van der Waals surface area contributed by atoms with E-state index < -0.39 is 0 Å². The Balaban J connectivity index is 1.84. The van der Waals surface area contributed by atoms with E-state index in [4.69, 9.17) is 21.9 Å². The summed E-state index contributed by atoms with van der Waals surface area (Å²) in [5.41, 5.74) is 7.14. The van der Waals surface area contributed by atoms with Crippen LogP contribution in [0.2, 0.25) is 5.02 Å². The molecule has 2 N–H and O–H groups in total. The van der Waals surface area contributed by atoms with Crippen molar-refractivity contribution in [1.29, 1.82) is 0 Å². The van der Waals surface area contributed by atoms with Crippen LogP contribution in [0.15, 0.2) is 41.2 Å². The molecule has 0 aliphatic rings. The normalized spacial score (nSPS) is 10.7. The molecular formula is C13H10ClN5O. The van der Waals surface area contributed by atoms with Crippen molar-refractivity contribution in [2.45, 2.75) is 6.42 Å². The average Bonchev–Trinajstić information content (AvgIpc) is 2.90. The molecule has 1 aromatic carbocycles. The molecule has 7 heteroatoms. The van der Waals surface area contributed by atoms with Gasteiger partial charge in [0.2, 0.25) is 0 Å². The van der Waals surface area contributed by atoms with E-state index in [0.29, 0.717) is 23.0 Å². The first-order chi connectivity index (χ1) is 9.72. The molecule has 0 unspecified atom stereocenters. The quantitative estimate of drug-likeness (QED) is 0.795. The van der Waals surface area contributed by atoms with Crippen molar-refractivity contribution >= 4 is 17.4 Å². The van der Waals surface area contributed by atoms with Gasteiger partial charge in [0.25, 0.3) is 5.89 Å². The standard InChI is InChI=1S/C13H10ClN5O/c14-9-3-1-8(2-4-9)7-10-18-13(20-19-10)11-12(15)17-6-5-16-11/h1-6H,7H2,(H2,15,17). The third-order valence-electron chi connectivity index (χ3n) is 2.67. The van der Waals surface area contributed by atoms with Crippen molar-refractivity contribution in [2.75, 3.05) is 5.73 Å². The van der Waals surface area contributed by atoms with E-state index in [-0.39, 0.29) is 11.7 Å². The molecule has 0 fully saturated rings. The summed E-state index contributed by atoms with van der Waals surface area (Å²) < 4.78 is 5.16. The third-order valence-corrected chi connectivity index (χ3v) is 2.92. The van der Waals surface area contributed by atoms with Gasteiger partial charge in [0.1, 0.15) is 0 Å². The van der Waals surface area contributed by atoms with Gasteiger partial charge in [-0.3, -0.25) is 0 Å². The number of halogens is 1. The molecule has 0 aliphatic carbocycles. The van der Waals surface area contributed by atoms with Crippen molar-refractivity contribution in [3.8, 4) is 11.6 Å². The number of nitrogen functional groups attached to an aromatic ring is 1. The van der Waals surface area contributed by atoms with Crippen molar-refractivity contribution in [2.24, 2.45) is 0 Å². The number of aromatic nitrogens is 4. The number of hydrogen-bond acceptors (Lipinski definition) is 6. The van der Waals surface area contributed by atoms with Gasteiger partial charge in [0, 0.05) is 23.8 Å². The number of benzene rings is 1. The van der Waals surface area contributed by atoms with E-state index in [9.17, 15) is 0 Å². The fourth-order valence-electron chi connectivity index (χ4n) is 1.72. The maximum Gasteiger partial charge on any atom is 0.280 e. The van der Waals surface area contributed by atoms with Crippen LogP contribution in [0.25, 0.3) is 11.6 Å². The number of nitrogens with two attached hydrogens (primary N) is 1. The van der Waals surface area contributed by atoms with E-state index in [1.165, 1.54) is 12.4 Å². The number of hydrogen-bond donors (Lipinski definition) is 1. The third kappa shape index (κ3) is 2.60. The summed E-state index contributed by atoms with van der Waals surface area (Å²) in [6.07, 6.45) is 3.57. The number of anilines is 1. The summed E-state index contributed by atoms with van der Waals surface area (Å²) in [5.74, 6) is 1.07. The molecular weight excluding hydrogens is 278 g/mol. The minimum Gasteiger partial charge on any atom is -0.382 e. The van der Waals surface area contributed by atoms with Crippen molar-refractivity contribution in [1.82, 2.24) is 20.1 Å². The van der Waals surface area contributed by atoms with Crippen LogP contribution in [-0.4, -0.2) is 20.1 Å². The topological polar surface area (TPSA) is 90.7 Å². The number of rotatable bonds is 3. The van der Waals surface area contributed by atoms with Gasteiger partial charge in [-0.05, 0) is 17.7 Å². The Morgan fingerprint density at radius 3 is 2.60 bits per heavy atom. The molecule has 2 aromatic heterocycles. The summed E-state index contributed by atoms with van der Waals surface area (Å²) in [5, 5.41) is 4.60. The molecule has 0 radical (unpaired) electrons. The molecule has 20 heavy (non-hydrogen) atoms. The van der Waals surface area contributed by atoms with Crippen LogP contribution in [0.5, 0.6) is 0 Å². The van der Waals surface area contributed by atoms with E-state index >= 15 is 0 Å². The van der Waals surface area contributed by atoms with Gasteiger partial charge in [-0.15, -0.1) is 0 Å². The highest BCUT2D eigenvalue weighted by Crippen LogP contribution is 2.20. The first-order valence-electron chi connectivity index (χ1n) is 5.86. The minimum atomic E-state index is 0.259. The van der Waals surface area contributed by atoms with Crippen LogP contribution in [-0.2, 0) is 6.42 Å². The summed E-state index contributed by atoms with van der Waals surface area (Å²) in [6.45, 7) is 0. The van der Waals surface area contributed by atoms with E-state index in [0.717, 1.165) is 5.56 Å². The second-order valence-corrected chi connectivity index (χ2v) is 4.55. The summed E-state index contributed by atoms with van der Waals surface area (Å²) in [7, 11) is 0. The Bertz CT molecular complexity index is 726. The lowest BCUT2D eigenvalue weighted by Crippen LogP contribution is -1.96. The van der Waals surface area contributed by atoms with Crippen LogP contribution in [0.4, 0.5) is 5.82 Å². The molecule has 0 spiro atoms. The highest BCUT2D eigenvalue weighted by molar-refractivity contribution is 6.30. The lowest BCUT2D eigenvalue weighted by molar-refractivity contribution is 0.422. The molecule has 3 aromatic rings. The predicted molar refractivity (Wildman–Crippen MR) is 74.0 cm³/mol. The lowest BCUT2D eigenvalue weighted by atomic mass is 10.1. The molecule has 0 atom stereocenters. The number of nitrogens with zero attached hydrogens (tertiary/aromatic N) is 4. The monoisotopic (exact) mass is 287 g/mol. The zero-order valence-corrected chi connectivity index (χ0v) is 11.1. The fraction of sp³-hybridized carbons (Fsp3) is 0.0769. The molecule has 6 nitrogen and oxygen atoms in total. The van der Waals surface area contributed by atoms with Crippen LogP contribution in [0.1, 0.15) is 11.4 Å². The highest BCUT2D eigenvalue weighted by atomic mass is 35.5. The second kappa shape index (κ2) is 5.26. The Morgan fingerprint density at radius 1 is 1.10 bits per heavy atom. The molecule has 0 aliphatic heterocycles. The van der Waals surface area contributed by atoms with E-state index in [2.05, 4.69) is 20.1 Å². The Morgan fingerprint density at radius 2 is 1.85 bits per heavy atom. The smallest absolute Gasteiger partial charge is 0.280 e. The van der Waals surface area contributed by atoms with E-state index in [1.54, 1.807) is 0 Å². The van der Waals surface area contributed by atoms with Gasteiger partial charge in [-0.1, -0.05) is 28.9 Å². The van der Waals surface area contributed by atoms with Gasteiger partial charge >= 0.3 is 0 Å². The van der Waals surface area contributed by atoms with Crippen molar-refractivity contribution in [3.63, 3.8) is 0 Å². The van der Waals surface area contributed by atoms with Gasteiger partial charge in [-0.2, -0.15) is 4.98 Å². The van der Waals surface area contributed by atoms with Crippen LogP contribution in [0.3, 0.4) is 0 Å². The highest BCUT2D eigenvalue weighted by Gasteiger charge is 2.13. The van der Waals surface area contributed by atoms with Gasteiger partial charge in [-0.25, -0.2) is 9.97 Å². The zero-order chi connectivity index (χ0) is 13.9. The largest absolute Gasteiger partial charge is 0.382 e. The zero-order valence-electron chi connectivity index (χ0n) is 10.3. The first kappa shape index (κ1) is 12.6. The molecule has 0 saturated carbocycles. The molecule has 0 bridgehead atoms. The minimum absolute atomic E-state index is 0.259. The summed E-state index contributed by atoms with van der Waals surface area (Å²) >= 11 is 5.84. The van der Waals surface area contributed by atoms with E-state index in [1.807, 2.05) is 24.3 Å². The van der Waals surface area contributed by atoms with Crippen molar-refractivity contribution < 1.29 is 4.52 Å². The predicted octanol–water partition coefficient (Wildman–Crippen LogP) is 2.35. The lowest BCUT2D eigenvalue weighted by Gasteiger charge is -1.97. The Kier molecular flexibility index (Phi) is 3.30.